The summed E-state index contributed by atoms with van der Waals surface area (Å²) < 4.78 is 29.9. The van der Waals surface area contributed by atoms with Gasteiger partial charge in [0.25, 0.3) is 0 Å². The van der Waals surface area contributed by atoms with Crippen LogP contribution in [0.15, 0.2) is 24.3 Å². The van der Waals surface area contributed by atoms with Crippen LogP contribution in [-0.4, -0.2) is 57.5 Å². The summed E-state index contributed by atoms with van der Waals surface area (Å²) in [6.07, 6.45) is 2.05. The van der Waals surface area contributed by atoms with Gasteiger partial charge < -0.3 is 14.7 Å². The number of benzene rings is 1. The van der Waals surface area contributed by atoms with Crippen molar-refractivity contribution in [3.8, 4) is 5.75 Å². The van der Waals surface area contributed by atoms with Crippen LogP contribution in [0.4, 0.5) is 10.5 Å². The molecule has 128 valence electrons. The Labute approximate surface area is 136 Å². The third kappa shape index (κ3) is 4.75. The van der Waals surface area contributed by atoms with Crippen LogP contribution in [0.3, 0.4) is 0 Å². The quantitative estimate of drug-likeness (QED) is 0.882. The van der Waals surface area contributed by atoms with Gasteiger partial charge in [-0.15, -0.1) is 0 Å². The Hall–Kier alpha value is -1.96. The van der Waals surface area contributed by atoms with Gasteiger partial charge in [0, 0.05) is 26.1 Å². The Bertz CT molecular complexity index is 644. The molecule has 1 saturated heterocycles. The van der Waals surface area contributed by atoms with Crippen LogP contribution in [0.25, 0.3) is 0 Å². The number of piperidine rings is 1. The van der Waals surface area contributed by atoms with Gasteiger partial charge in [-0.25, -0.2) is 13.2 Å². The number of hydrogen-bond donors (Lipinski definition) is 1. The summed E-state index contributed by atoms with van der Waals surface area (Å²) in [4.78, 5) is 12.4. The molecule has 1 aromatic rings. The van der Waals surface area contributed by atoms with Crippen LogP contribution in [0.2, 0.25) is 0 Å². The molecule has 0 saturated carbocycles. The molecule has 0 unspecified atom stereocenters. The first kappa shape index (κ1) is 17.4. The van der Waals surface area contributed by atoms with Gasteiger partial charge in [0.2, 0.25) is 10.0 Å². The fourth-order valence-corrected chi connectivity index (χ4v) is 3.04. The molecule has 0 aromatic heterocycles. The standard InChI is InChI=1S/C15H22N2O5S/c1-16(23(2,20)21)13-5-7-14(8-6-13)22-11-12-4-3-9-17(10-12)15(18)19/h5-8,12H,3-4,9-11H2,1-2H3,(H,18,19)/t12-/m0/s1. The van der Waals surface area contributed by atoms with Crippen molar-refractivity contribution in [1.29, 1.82) is 0 Å². The molecular formula is C15H22N2O5S. The zero-order valence-corrected chi connectivity index (χ0v) is 14.1. The zero-order chi connectivity index (χ0) is 17.0. The van der Waals surface area contributed by atoms with Crippen molar-refractivity contribution in [1.82, 2.24) is 4.90 Å². The number of ether oxygens (including phenoxy) is 1. The number of nitrogens with zero attached hydrogens (tertiary/aromatic N) is 2. The summed E-state index contributed by atoms with van der Waals surface area (Å²) in [5.41, 5.74) is 0.564. The van der Waals surface area contributed by atoms with Crippen LogP contribution in [0, 0.1) is 5.92 Å². The van der Waals surface area contributed by atoms with Gasteiger partial charge in [-0.1, -0.05) is 0 Å². The van der Waals surface area contributed by atoms with Crippen molar-refractivity contribution >= 4 is 21.8 Å². The van der Waals surface area contributed by atoms with Gasteiger partial charge in [0.05, 0.1) is 18.6 Å². The Morgan fingerprint density at radius 1 is 1.39 bits per heavy atom. The van der Waals surface area contributed by atoms with E-state index in [0.29, 0.717) is 31.1 Å². The number of anilines is 1. The smallest absolute Gasteiger partial charge is 0.407 e. The first-order valence-electron chi connectivity index (χ1n) is 7.42. The van der Waals surface area contributed by atoms with E-state index in [1.807, 2.05) is 0 Å². The lowest BCUT2D eigenvalue weighted by molar-refractivity contribution is 0.105. The van der Waals surface area contributed by atoms with E-state index in [0.717, 1.165) is 19.1 Å². The fourth-order valence-electron chi connectivity index (χ4n) is 2.53. The molecule has 1 atom stereocenters. The normalized spacial score (nSPS) is 18.5. The maximum absolute atomic E-state index is 11.5. The largest absolute Gasteiger partial charge is 0.493 e. The molecule has 7 nitrogen and oxygen atoms in total. The summed E-state index contributed by atoms with van der Waals surface area (Å²) in [7, 11) is -1.79. The molecule has 0 spiro atoms. The molecule has 1 aliphatic heterocycles. The van der Waals surface area contributed by atoms with E-state index in [2.05, 4.69) is 0 Å². The maximum atomic E-state index is 11.5. The van der Waals surface area contributed by atoms with Gasteiger partial charge in [-0.2, -0.15) is 0 Å². The molecule has 1 fully saturated rings. The highest BCUT2D eigenvalue weighted by atomic mass is 32.2. The minimum atomic E-state index is -3.28. The first-order valence-corrected chi connectivity index (χ1v) is 9.27. The number of sulfonamides is 1. The molecule has 0 radical (unpaired) electrons. The predicted molar refractivity (Wildman–Crippen MR) is 87.5 cm³/mol. The Balaban J connectivity index is 1.90. The monoisotopic (exact) mass is 342 g/mol. The lowest BCUT2D eigenvalue weighted by Gasteiger charge is -2.30. The molecule has 0 aliphatic carbocycles. The Kier molecular flexibility index (Phi) is 5.35. The highest BCUT2D eigenvalue weighted by Crippen LogP contribution is 2.22. The molecule has 8 heteroatoms. The predicted octanol–water partition coefficient (Wildman–Crippen LogP) is 1.85. The summed E-state index contributed by atoms with van der Waals surface area (Å²) in [6.45, 7) is 1.52. The van der Waals surface area contributed by atoms with Gasteiger partial charge in [-0.3, -0.25) is 4.31 Å². The van der Waals surface area contributed by atoms with Gasteiger partial charge >= 0.3 is 6.09 Å². The Morgan fingerprint density at radius 2 is 2.04 bits per heavy atom. The molecule has 1 N–H and O–H groups in total. The van der Waals surface area contributed by atoms with Crippen molar-refractivity contribution in [2.45, 2.75) is 12.8 Å². The lowest BCUT2D eigenvalue weighted by atomic mass is 9.99. The lowest BCUT2D eigenvalue weighted by Crippen LogP contribution is -2.40. The van der Waals surface area contributed by atoms with Crippen molar-refractivity contribution in [3.05, 3.63) is 24.3 Å². The molecule has 1 aliphatic rings. The van der Waals surface area contributed by atoms with Gasteiger partial charge in [0.1, 0.15) is 5.75 Å². The van der Waals surface area contributed by atoms with E-state index in [4.69, 9.17) is 9.84 Å². The maximum Gasteiger partial charge on any atom is 0.407 e. The van der Waals surface area contributed by atoms with E-state index >= 15 is 0 Å². The molecular weight excluding hydrogens is 320 g/mol. The molecule has 1 amide bonds. The minimum Gasteiger partial charge on any atom is -0.493 e. The van der Waals surface area contributed by atoms with Gasteiger partial charge in [-0.05, 0) is 37.1 Å². The molecule has 23 heavy (non-hydrogen) atoms. The second-order valence-corrected chi connectivity index (χ2v) is 7.79. The average molecular weight is 342 g/mol. The van der Waals surface area contributed by atoms with Crippen molar-refractivity contribution in [2.75, 3.05) is 37.3 Å². The molecule has 1 heterocycles. The highest BCUT2D eigenvalue weighted by Gasteiger charge is 2.23. The second-order valence-electron chi connectivity index (χ2n) is 5.77. The summed E-state index contributed by atoms with van der Waals surface area (Å²) in [5.74, 6) is 0.821. The fraction of sp³-hybridized carbons (Fsp3) is 0.533. The number of carbonyl (C=O) groups is 1. The number of carboxylic acid groups (broad SMARTS) is 1. The van der Waals surface area contributed by atoms with Gasteiger partial charge in [0.15, 0.2) is 0 Å². The van der Waals surface area contributed by atoms with Crippen LogP contribution in [0.1, 0.15) is 12.8 Å². The number of hydrogen-bond acceptors (Lipinski definition) is 4. The Morgan fingerprint density at radius 3 is 2.61 bits per heavy atom. The highest BCUT2D eigenvalue weighted by molar-refractivity contribution is 7.92. The van der Waals surface area contributed by atoms with Crippen molar-refractivity contribution < 1.29 is 23.1 Å². The van der Waals surface area contributed by atoms with Crippen LogP contribution in [0.5, 0.6) is 5.75 Å². The zero-order valence-electron chi connectivity index (χ0n) is 13.3. The number of rotatable bonds is 5. The molecule has 0 bridgehead atoms. The second kappa shape index (κ2) is 7.08. The van der Waals surface area contributed by atoms with Crippen LogP contribution >= 0.6 is 0 Å². The third-order valence-electron chi connectivity index (χ3n) is 3.97. The number of likely N-dealkylation sites (tertiary alicyclic amines) is 1. The van der Waals surface area contributed by atoms with E-state index in [1.54, 1.807) is 24.3 Å². The molecule has 1 aromatic carbocycles. The summed E-state index contributed by atoms with van der Waals surface area (Å²) >= 11 is 0. The van der Waals surface area contributed by atoms with E-state index in [-0.39, 0.29) is 5.92 Å². The average Bonchev–Trinajstić information content (AvgIpc) is 2.52. The number of amides is 1. The summed E-state index contributed by atoms with van der Waals surface area (Å²) in [5, 5.41) is 9.02. The van der Waals surface area contributed by atoms with Crippen LogP contribution in [-0.2, 0) is 10.0 Å². The van der Waals surface area contributed by atoms with E-state index < -0.39 is 16.1 Å². The SMILES string of the molecule is CN(c1ccc(OC[C@H]2CCCN(C(=O)O)C2)cc1)S(C)(=O)=O. The topological polar surface area (TPSA) is 87.2 Å². The third-order valence-corrected chi connectivity index (χ3v) is 5.18. The van der Waals surface area contributed by atoms with E-state index in [9.17, 15) is 13.2 Å². The molecule has 2 rings (SSSR count). The first-order chi connectivity index (χ1) is 10.8. The summed E-state index contributed by atoms with van der Waals surface area (Å²) in [6, 6.07) is 6.80. The van der Waals surface area contributed by atoms with Crippen LogP contribution < -0.4 is 9.04 Å². The van der Waals surface area contributed by atoms with Crippen molar-refractivity contribution in [3.63, 3.8) is 0 Å². The minimum absolute atomic E-state index is 0.179. The van der Waals surface area contributed by atoms with Crippen molar-refractivity contribution in [2.24, 2.45) is 5.92 Å². The van der Waals surface area contributed by atoms with E-state index in [1.165, 1.54) is 16.3 Å².